The highest BCUT2D eigenvalue weighted by Gasteiger charge is 2.23. The fourth-order valence-electron chi connectivity index (χ4n) is 3.97. The number of rotatable bonds is 6. The standard InChI is InChI=1S/C22H26N4O/c1-15-16(2)24-22-18(4-3-5-20(15)22)13-26(12-17-8-10-23-11-9-17)14-19-6-7-21(27)25-19/h3-5,8-11,19,24H,6-7,12-14H2,1-2H3,(H,25,27)/t19-/m0/s1. The van der Waals surface area contributed by atoms with Gasteiger partial charge in [-0.15, -0.1) is 0 Å². The zero-order valence-corrected chi connectivity index (χ0v) is 16.0. The number of aromatic amines is 1. The van der Waals surface area contributed by atoms with Crippen LogP contribution in [-0.2, 0) is 17.9 Å². The Morgan fingerprint density at radius 1 is 1.15 bits per heavy atom. The fourth-order valence-corrected chi connectivity index (χ4v) is 3.97. The van der Waals surface area contributed by atoms with Crippen molar-refractivity contribution < 1.29 is 4.79 Å². The summed E-state index contributed by atoms with van der Waals surface area (Å²) in [7, 11) is 0. The van der Waals surface area contributed by atoms with Crippen LogP contribution < -0.4 is 5.32 Å². The number of carbonyl (C=O) groups excluding carboxylic acids is 1. The van der Waals surface area contributed by atoms with Crippen molar-refractivity contribution in [1.82, 2.24) is 20.2 Å². The number of hydrogen-bond acceptors (Lipinski definition) is 3. The Bertz CT molecular complexity index is 948. The highest BCUT2D eigenvalue weighted by atomic mass is 16.1. The maximum Gasteiger partial charge on any atom is 0.220 e. The summed E-state index contributed by atoms with van der Waals surface area (Å²) in [4.78, 5) is 21.7. The summed E-state index contributed by atoms with van der Waals surface area (Å²) in [6, 6.07) is 10.9. The molecule has 0 saturated carbocycles. The molecule has 1 atom stereocenters. The van der Waals surface area contributed by atoms with Crippen LogP contribution in [-0.4, -0.2) is 33.4 Å². The number of hydrogen-bond donors (Lipinski definition) is 2. The summed E-state index contributed by atoms with van der Waals surface area (Å²) in [5.41, 5.74) is 6.29. The van der Waals surface area contributed by atoms with Crippen molar-refractivity contribution in [1.29, 1.82) is 0 Å². The van der Waals surface area contributed by atoms with E-state index in [1.54, 1.807) is 0 Å². The normalized spacial score (nSPS) is 17.0. The van der Waals surface area contributed by atoms with Crippen LogP contribution in [0.5, 0.6) is 0 Å². The van der Waals surface area contributed by atoms with Crippen LogP contribution in [0.1, 0.15) is 35.2 Å². The van der Waals surface area contributed by atoms with E-state index in [0.29, 0.717) is 6.42 Å². The minimum absolute atomic E-state index is 0.168. The predicted octanol–water partition coefficient (Wildman–Crippen LogP) is 3.46. The lowest BCUT2D eigenvalue weighted by molar-refractivity contribution is -0.119. The van der Waals surface area contributed by atoms with E-state index >= 15 is 0 Å². The number of aromatic nitrogens is 2. The van der Waals surface area contributed by atoms with E-state index in [0.717, 1.165) is 26.1 Å². The molecule has 5 heteroatoms. The van der Waals surface area contributed by atoms with Gasteiger partial charge in [0.2, 0.25) is 5.91 Å². The Balaban J connectivity index is 1.60. The van der Waals surface area contributed by atoms with Crippen molar-refractivity contribution in [3.8, 4) is 0 Å². The number of benzene rings is 1. The molecular formula is C22H26N4O. The highest BCUT2D eigenvalue weighted by molar-refractivity contribution is 5.87. The first kappa shape index (κ1) is 17.7. The molecule has 27 heavy (non-hydrogen) atoms. The summed E-state index contributed by atoms with van der Waals surface area (Å²) >= 11 is 0. The highest BCUT2D eigenvalue weighted by Crippen LogP contribution is 2.26. The lowest BCUT2D eigenvalue weighted by Gasteiger charge is -2.26. The van der Waals surface area contributed by atoms with Gasteiger partial charge in [0.15, 0.2) is 0 Å². The summed E-state index contributed by atoms with van der Waals surface area (Å²) < 4.78 is 0. The average Bonchev–Trinajstić information content (AvgIpc) is 3.20. The van der Waals surface area contributed by atoms with Gasteiger partial charge in [0, 0.05) is 55.6 Å². The lowest BCUT2D eigenvalue weighted by Crippen LogP contribution is -2.38. The van der Waals surface area contributed by atoms with E-state index in [1.165, 1.54) is 33.3 Å². The van der Waals surface area contributed by atoms with Crippen LogP contribution in [0.15, 0.2) is 42.7 Å². The Kier molecular flexibility index (Phi) is 4.94. The first-order valence-corrected chi connectivity index (χ1v) is 9.57. The zero-order chi connectivity index (χ0) is 18.8. The van der Waals surface area contributed by atoms with Gasteiger partial charge in [-0.05, 0) is 49.1 Å². The number of H-pyrrole nitrogens is 1. The van der Waals surface area contributed by atoms with Crippen molar-refractivity contribution in [3.05, 3.63) is 65.1 Å². The minimum Gasteiger partial charge on any atom is -0.358 e. The van der Waals surface area contributed by atoms with E-state index in [9.17, 15) is 4.79 Å². The fraction of sp³-hybridized carbons (Fsp3) is 0.364. The number of aryl methyl sites for hydroxylation is 2. The summed E-state index contributed by atoms with van der Waals surface area (Å²) in [5.74, 6) is 0.168. The topological polar surface area (TPSA) is 61.0 Å². The number of fused-ring (bicyclic) bond motifs is 1. The maximum atomic E-state index is 11.6. The van der Waals surface area contributed by atoms with Gasteiger partial charge in [0.1, 0.15) is 0 Å². The second kappa shape index (κ2) is 7.53. The van der Waals surface area contributed by atoms with E-state index in [2.05, 4.69) is 64.4 Å². The zero-order valence-electron chi connectivity index (χ0n) is 16.0. The first-order chi connectivity index (χ1) is 13.1. The Morgan fingerprint density at radius 3 is 2.70 bits per heavy atom. The molecule has 2 aromatic heterocycles. The molecule has 0 spiro atoms. The van der Waals surface area contributed by atoms with Crippen LogP contribution in [0.25, 0.3) is 10.9 Å². The SMILES string of the molecule is Cc1[nH]c2c(CN(Cc3ccncc3)C[C@@H]3CCC(=O)N3)cccc2c1C. The van der Waals surface area contributed by atoms with Crippen molar-refractivity contribution in [2.24, 2.45) is 0 Å². The molecule has 3 heterocycles. The minimum atomic E-state index is 0.168. The number of pyridine rings is 1. The van der Waals surface area contributed by atoms with Gasteiger partial charge >= 0.3 is 0 Å². The molecule has 4 rings (SSSR count). The lowest BCUT2D eigenvalue weighted by atomic mass is 10.1. The van der Waals surface area contributed by atoms with Gasteiger partial charge in [-0.25, -0.2) is 0 Å². The molecule has 0 bridgehead atoms. The molecule has 2 N–H and O–H groups in total. The molecule has 0 unspecified atom stereocenters. The molecule has 0 aliphatic carbocycles. The number of para-hydroxylation sites is 1. The van der Waals surface area contributed by atoms with Crippen molar-refractivity contribution in [3.63, 3.8) is 0 Å². The van der Waals surface area contributed by atoms with Gasteiger partial charge in [-0.2, -0.15) is 0 Å². The Labute approximate surface area is 159 Å². The predicted molar refractivity (Wildman–Crippen MR) is 107 cm³/mol. The van der Waals surface area contributed by atoms with Crippen molar-refractivity contribution >= 4 is 16.8 Å². The van der Waals surface area contributed by atoms with Gasteiger partial charge in [-0.3, -0.25) is 14.7 Å². The van der Waals surface area contributed by atoms with Crippen molar-refractivity contribution in [2.75, 3.05) is 6.54 Å². The van der Waals surface area contributed by atoms with Gasteiger partial charge in [0.05, 0.1) is 5.52 Å². The largest absolute Gasteiger partial charge is 0.358 e. The smallest absolute Gasteiger partial charge is 0.220 e. The van der Waals surface area contributed by atoms with Crippen LogP contribution in [0.4, 0.5) is 0 Å². The molecule has 1 aliphatic rings. The quantitative estimate of drug-likeness (QED) is 0.706. The second-order valence-electron chi connectivity index (χ2n) is 7.54. The maximum absolute atomic E-state index is 11.6. The van der Waals surface area contributed by atoms with Gasteiger partial charge < -0.3 is 10.3 Å². The first-order valence-electron chi connectivity index (χ1n) is 9.57. The van der Waals surface area contributed by atoms with Crippen LogP contribution in [0, 0.1) is 13.8 Å². The van der Waals surface area contributed by atoms with Crippen molar-refractivity contribution in [2.45, 2.75) is 45.8 Å². The molecule has 0 radical (unpaired) electrons. The summed E-state index contributed by atoms with van der Waals surface area (Å²) in [6.45, 7) is 6.82. The van der Waals surface area contributed by atoms with Gasteiger partial charge in [0.25, 0.3) is 0 Å². The molecule has 1 aromatic carbocycles. The number of amides is 1. The van der Waals surface area contributed by atoms with Crippen LogP contribution in [0.2, 0.25) is 0 Å². The molecule has 1 saturated heterocycles. The molecule has 1 fully saturated rings. The number of carbonyl (C=O) groups is 1. The molecule has 140 valence electrons. The average molecular weight is 362 g/mol. The van der Waals surface area contributed by atoms with E-state index in [1.807, 2.05) is 12.4 Å². The number of nitrogens with zero attached hydrogens (tertiary/aromatic N) is 2. The van der Waals surface area contributed by atoms with E-state index in [-0.39, 0.29) is 11.9 Å². The monoisotopic (exact) mass is 362 g/mol. The molecule has 3 aromatic rings. The molecule has 1 amide bonds. The second-order valence-corrected chi connectivity index (χ2v) is 7.54. The third-order valence-electron chi connectivity index (χ3n) is 5.54. The van der Waals surface area contributed by atoms with E-state index in [4.69, 9.17) is 0 Å². The Morgan fingerprint density at radius 2 is 1.96 bits per heavy atom. The summed E-state index contributed by atoms with van der Waals surface area (Å²) in [6.07, 6.45) is 5.22. The third-order valence-corrected chi connectivity index (χ3v) is 5.54. The van der Waals surface area contributed by atoms with E-state index < -0.39 is 0 Å². The van der Waals surface area contributed by atoms with Crippen LogP contribution >= 0.6 is 0 Å². The van der Waals surface area contributed by atoms with Gasteiger partial charge in [-0.1, -0.05) is 18.2 Å². The molecule has 1 aliphatic heterocycles. The van der Waals surface area contributed by atoms with Crippen LogP contribution in [0.3, 0.4) is 0 Å². The summed E-state index contributed by atoms with van der Waals surface area (Å²) in [5, 5.41) is 4.40. The third kappa shape index (κ3) is 3.88. The molecule has 5 nitrogen and oxygen atoms in total. The number of nitrogens with one attached hydrogen (secondary N) is 2. The Hall–Kier alpha value is -2.66. The molecular weight excluding hydrogens is 336 g/mol.